The number of hydrogen-bond donors (Lipinski definition) is 0. The van der Waals surface area contributed by atoms with Gasteiger partial charge in [-0.2, -0.15) is 0 Å². The van der Waals surface area contributed by atoms with E-state index in [0.29, 0.717) is 0 Å². The molecule has 10 aromatic rings. The number of nitrogens with zero attached hydrogens (tertiary/aromatic N) is 1. The zero-order chi connectivity index (χ0) is 49.0. The Bertz CT molecular complexity index is 3620. The van der Waals surface area contributed by atoms with Crippen molar-refractivity contribution >= 4 is 28.8 Å². The fourth-order valence-electron chi connectivity index (χ4n) is 12.5. The van der Waals surface area contributed by atoms with Crippen molar-refractivity contribution < 1.29 is 0 Å². The summed E-state index contributed by atoms with van der Waals surface area (Å²) >= 11 is 1.91. The zero-order valence-electron chi connectivity index (χ0n) is 41.9. The first kappa shape index (κ1) is 44.3. The minimum Gasteiger partial charge on any atom is -0.310 e. The van der Waals surface area contributed by atoms with Crippen molar-refractivity contribution in [2.45, 2.75) is 73.0 Å². The van der Waals surface area contributed by atoms with E-state index in [4.69, 9.17) is 0 Å². The highest BCUT2D eigenvalue weighted by Gasteiger charge is 2.52. The molecule has 2 aliphatic carbocycles. The SMILES string of the molecule is CC(C)(C)c1ccc2c(c1)C1(c3ccccc3Sc3ccc(N(c4ccc(-c5ccccc5)cc4)c4ccc5c(c4)C(c4ccccc4)(c4ccccc4)c4ccccc4-5)cc31)c1cc(C(C)(C)C)ccc1-2. The molecule has 1 aliphatic heterocycles. The van der Waals surface area contributed by atoms with Crippen LogP contribution in [-0.2, 0) is 21.7 Å². The molecule has 0 fully saturated rings. The van der Waals surface area contributed by atoms with Crippen LogP contribution in [0.1, 0.15) is 97.2 Å². The summed E-state index contributed by atoms with van der Waals surface area (Å²) in [5, 5.41) is 0. The van der Waals surface area contributed by atoms with Gasteiger partial charge in [-0.1, -0.05) is 241 Å². The van der Waals surface area contributed by atoms with Crippen LogP contribution in [0.15, 0.2) is 246 Å². The number of hydrogen-bond acceptors (Lipinski definition) is 2. The van der Waals surface area contributed by atoms with Gasteiger partial charge in [0.25, 0.3) is 0 Å². The van der Waals surface area contributed by atoms with Crippen LogP contribution in [0.4, 0.5) is 17.1 Å². The Labute approximate surface area is 429 Å². The van der Waals surface area contributed by atoms with Crippen LogP contribution < -0.4 is 4.90 Å². The van der Waals surface area contributed by atoms with Crippen molar-refractivity contribution in [3.05, 3.63) is 292 Å². The molecule has 0 aromatic heterocycles. The Balaban J connectivity index is 1.10. The van der Waals surface area contributed by atoms with Crippen LogP contribution in [0.5, 0.6) is 0 Å². The summed E-state index contributed by atoms with van der Waals surface area (Å²) in [6.45, 7) is 14.1. The average Bonchev–Trinajstić information content (AvgIpc) is 3.87. The third-order valence-corrected chi connectivity index (χ3v) is 17.1. The van der Waals surface area contributed by atoms with E-state index < -0.39 is 10.8 Å². The molecule has 1 heterocycles. The quantitative estimate of drug-likeness (QED) is 0.163. The second-order valence-electron chi connectivity index (χ2n) is 22.1. The van der Waals surface area contributed by atoms with E-state index >= 15 is 0 Å². The summed E-state index contributed by atoms with van der Waals surface area (Å²) in [7, 11) is 0. The fourth-order valence-corrected chi connectivity index (χ4v) is 13.6. The molecule has 0 radical (unpaired) electrons. The van der Waals surface area contributed by atoms with Crippen molar-refractivity contribution in [3.63, 3.8) is 0 Å². The number of fused-ring (bicyclic) bond motifs is 12. The van der Waals surface area contributed by atoms with Crippen molar-refractivity contribution in [2.75, 3.05) is 4.90 Å². The van der Waals surface area contributed by atoms with Crippen molar-refractivity contribution in [2.24, 2.45) is 0 Å². The third-order valence-electron chi connectivity index (χ3n) is 15.9. The molecule has 0 saturated carbocycles. The molecule has 348 valence electrons. The van der Waals surface area contributed by atoms with Crippen molar-refractivity contribution in [1.29, 1.82) is 0 Å². The van der Waals surface area contributed by atoms with E-state index in [9.17, 15) is 0 Å². The Kier molecular flexibility index (Phi) is 10.1. The zero-order valence-corrected chi connectivity index (χ0v) is 42.7. The smallest absolute Gasteiger partial charge is 0.0736 e. The minimum absolute atomic E-state index is 0.0418. The molecule has 0 N–H and O–H groups in total. The third kappa shape index (κ3) is 6.62. The lowest BCUT2D eigenvalue weighted by atomic mass is 9.66. The summed E-state index contributed by atoms with van der Waals surface area (Å²) < 4.78 is 0. The molecule has 0 unspecified atom stereocenters. The molecular weight excluding hydrogens is 887 g/mol. The van der Waals surface area contributed by atoms with Gasteiger partial charge in [0.2, 0.25) is 0 Å². The maximum atomic E-state index is 2.56. The molecule has 72 heavy (non-hydrogen) atoms. The van der Waals surface area contributed by atoms with E-state index in [0.717, 1.165) is 17.1 Å². The highest BCUT2D eigenvalue weighted by molar-refractivity contribution is 7.99. The molecule has 0 atom stereocenters. The van der Waals surface area contributed by atoms with E-state index in [-0.39, 0.29) is 10.8 Å². The molecule has 2 heteroatoms. The van der Waals surface area contributed by atoms with Crippen LogP contribution >= 0.6 is 11.8 Å². The lowest BCUT2D eigenvalue weighted by Crippen LogP contribution is -2.33. The van der Waals surface area contributed by atoms with Gasteiger partial charge in [0.05, 0.1) is 10.8 Å². The first-order valence-electron chi connectivity index (χ1n) is 25.5. The summed E-state index contributed by atoms with van der Waals surface area (Å²) in [5.74, 6) is 0. The van der Waals surface area contributed by atoms with Gasteiger partial charge in [-0.15, -0.1) is 0 Å². The largest absolute Gasteiger partial charge is 0.310 e. The van der Waals surface area contributed by atoms with Crippen LogP contribution in [0.25, 0.3) is 33.4 Å². The Morgan fingerprint density at radius 1 is 0.306 bits per heavy atom. The van der Waals surface area contributed by atoms with Crippen molar-refractivity contribution in [1.82, 2.24) is 0 Å². The van der Waals surface area contributed by atoms with E-state index in [2.05, 4.69) is 283 Å². The van der Waals surface area contributed by atoms with Gasteiger partial charge in [0.15, 0.2) is 0 Å². The predicted octanol–water partition coefficient (Wildman–Crippen LogP) is 18.6. The first-order chi connectivity index (χ1) is 35.0. The normalized spacial score (nSPS) is 14.4. The van der Waals surface area contributed by atoms with Gasteiger partial charge >= 0.3 is 0 Å². The molecule has 1 spiro atoms. The first-order valence-corrected chi connectivity index (χ1v) is 26.3. The van der Waals surface area contributed by atoms with Gasteiger partial charge in [-0.3, -0.25) is 0 Å². The van der Waals surface area contributed by atoms with Crippen LogP contribution in [0, 0.1) is 0 Å². The van der Waals surface area contributed by atoms with Gasteiger partial charge in [-0.25, -0.2) is 0 Å². The second kappa shape index (κ2) is 16.5. The topological polar surface area (TPSA) is 3.24 Å². The standard InChI is InChI=1S/C70H57NS/c1-67(2,3)50-32-38-56-57-39-33-51(68(4,5)6)43-62(57)70(61(56)42-50)60-28-18-19-29-65(60)72-66-41-37-54(45-64(66)70)71(52-34-30-47(31-35-52)46-20-10-7-11-21-46)53-36-40-58-55-26-16-17-27-59(55)69(63(58)44-53,48-22-12-8-13-23-48)49-24-14-9-15-25-49/h7-45H,1-6H3. The molecule has 10 aromatic carbocycles. The molecular formula is C70H57NS. The lowest BCUT2D eigenvalue weighted by Gasteiger charge is -2.41. The molecule has 1 nitrogen and oxygen atoms in total. The molecule has 13 rings (SSSR count). The maximum absolute atomic E-state index is 2.56. The highest BCUT2D eigenvalue weighted by Crippen LogP contribution is 2.64. The van der Waals surface area contributed by atoms with Gasteiger partial charge in [0, 0.05) is 26.9 Å². The summed E-state index contributed by atoms with van der Waals surface area (Å²) in [5.41, 5.74) is 22.9. The van der Waals surface area contributed by atoms with E-state index in [1.54, 1.807) is 0 Å². The summed E-state index contributed by atoms with van der Waals surface area (Å²) in [6.07, 6.45) is 0. The van der Waals surface area contributed by atoms with E-state index in [1.165, 1.54) is 98.8 Å². The lowest BCUT2D eigenvalue weighted by molar-refractivity contribution is 0.585. The Morgan fingerprint density at radius 3 is 1.31 bits per heavy atom. The van der Waals surface area contributed by atoms with Gasteiger partial charge < -0.3 is 4.90 Å². The number of rotatable bonds is 6. The Morgan fingerprint density at radius 2 is 0.722 bits per heavy atom. The van der Waals surface area contributed by atoms with Gasteiger partial charge in [0.1, 0.15) is 0 Å². The molecule has 0 saturated heterocycles. The number of anilines is 3. The summed E-state index contributed by atoms with van der Waals surface area (Å²) in [4.78, 5) is 5.12. The molecule has 0 amide bonds. The van der Waals surface area contributed by atoms with Gasteiger partial charge in [-0.05, 0) is 148 Å². The fraction of sp³-hybridized carbons (Fsp3) is 0.143. The monoisotopic (exact) mass is 943 g/mol. The Hall–Kier alpha value is -7.65. The number of benzene rings is 10. The molecule has 3 aliphatic rings. The minimum atomic E-state index is -0.571. The highest BCUT2D eigenvalue weighted by atomic mass is 32.2. The van der Waals surface area contributed by atoms with E-state index in [1.807, 2.05) is 11.8 Å². The summed E-state index contributed by atoms with van der Waals surface area (Å²) in [6, 6.07) is 89.8. The second-order valence-corrected chi connectivity index (χ2v) is 23.1. The maximum Gasteiger partial charge on any atom is 0.0736 e. The molecule has 0 bridgehead atoms. The van der Waals surface area contributed by atoms with Crippen LogP contribution in [-0.4, -0.2) is 0 Å². The van der Waals surface area contributed by atoms with Crippen LogP contribution in [0.2, 0.25) is 0 Å². The predicted molar refractivity (Wildman–Crippen MR) is 303 cm³/mol. The van der Waals surface area contributed by atoms with Crippen LogP contribution in [0.3, 0.4) is 0 Å². The van der Waals surface area contributed by atoms with Crippen molar-refractivity contribution in [3.8, 4) is 33.4 Å². The average molecular weight is 944 g/mol.